The Morgan fingerprint density at radius 1 is 0.828 bits per heavy atom. The monoisotopic (exact) mass is 394 g/mol. The molecule has 144 valence electrons. The molecule has 0 unspecified atom stereocenters. The Morgan fingerprint density at radius 2 is 1.45 bits per heavy atom. The van der Waals surface area contributed by atoms with E-state index in [2.05, 4.69) is 5.32 Å². The molecule has 2 heterocycles. The second kappa shape index (κ2) is 7.16. The molecule has 0 aliphatic carbocycles. The molecule has 29 heavy (non-hydrogen) atoms. The lowest BCUT2D eigenvalue weighted by atomic mass is 10.1. The molecule has 3 aromatic rings. The van der Waals surface area contributed by atoms with Crippen molar-refractivity contribution < 1.29 is 27.6 Å². The van der Waals surface area contributed by atoms with Gasteiger partial charge in [-0.25, -0.2) is 18.5 Å². The number of nitrogens with one attached hydrogen (secondary N) is 1. The van der Waals surface area contributed by atoms with Gasteiger partial charge in [-0.05, 0) is 66.7 Å². The standard InChI is InChI=1S/C21H12F2N2O4/c22-13-3-1-12(2-4-13)18-10-9-16(29-18)11-17-19(26)24-21(28)25(20(17)27)15-7-5-14(23)6-8-15/h1-11H,(H,24,26,28)/b17-11+. The highest BCUT2D eigenvalue weighted by atomic mass is 19.1. The van der Waals surface area contributed by atoms with Crippen molar-refractivity contribution in [3.63, 3.8) is 0 Å². The number of imide groups is 2. The van der Waals surface area contributed by atoms with Crippen molar-refractivity contribution in [2.45, 2.75) is 0 Å². The quantitative estimate of drug-likeness (QED) is 0.540. The third kappa shape index (κ3) is 3.55. The minimum absolute atomic E-state index is 0.110. The van der Waals surface area contributed by atoms with E-state index in [0.29, 0.717) is 11.3 Å². The summed E-state index contributed by atoms with van der Waals surface area (Å²) in [5.74, 6) is -2.07. The summed E-state index contributed by atoms with van der Waals surface area (Å²) >= 11 is 0. The second-order valence-corrected chi connectivity index (χ2v) is 6.14. The first-order chi connectivity index (χ1) is 13.9. The summed E-state index contributed by atoms with van der Waals surface area (Å²) in [6.45, 7) is 0. The first-order valence-electron chi connectivity index (χ1n) is 8.45. The Morgan fingerprint density at radius 3 is 2.10 bits per heavy atom. The van der Waals surface area contributed by atoms with Gasteiger partial charge in [-0.2, -0.15) is 0 Å². The molecule has 1 fully saturated rings. The van der Waals surface area contributed by atoms with Gasteiger partial charge in [0.25, 0.3) is 11.8 Å². The predicted octanol–water partition coefficient (Wildman–Crippen LogP) is 3.89. The summed E-state index contributed by atoms with van der Waals surface area (Å²) in [6, 6.07) is 12.5. The van der Waals surface area contributed by atoms with Crippen LogP contribution in [-0.4, -0.2) is 17.8 Å². The maximum Gasteiger partial charge on any atom is 0.335 e. The molecule has 1 aliphatic rings. The number of rotatable bonds is 3. The van der Waals surface area contributed by atoms with E-state index in [1.165, 1.54) is 48.5 Å². The number of furan rings is 1. The lowest BCUT2D eigenvalue weighted by molar-refractivity contribution is -0.122. The van der Waals surface area contributed by atoms with Crippen LogP contribution >= 0.6 is 0 Å². The lowest BCUT2D eigenvalue weighted by Gasteiger charge is -2.26. The van der Waals surface area contributed by atoms with Gasteiger partial charge < -0.3 is 4.42 Å². The van der Waals surface area contributed by atoms with Gasteiger partial charge in [0.2, 0.25) is 0 Å². The SMILES string of the molecule is O=C1NC(=O)N(c2ccc(F)cc2)C(=O)/C1=C/c1ccc(-c2ccc(F)cc2)o1. The molecular formula is C21H12F2N2O4. The van der Waals surface area contributed by atoms with Crippen molar-refractivity contribution in [2.75, 3.05) is 4.90 Å². The Kier molecular flexibility index (Phi) is 4.52. The van der Waals surface area contributed by atoms with E-state index in [4.69, 9.17) is 4.42 Å². The third-order valence-corrected chi connectivity index (χ3v) is 4.23. The van der Waals surface area contributed by atoms with Crippen molar-refractivity contribution in [1.29, 1.82) is 0 Å². The molecule has 1 saturated heterocycles. The molecule has 0 radical (unpaired) electrons. The van der Waals surface area contributed by atoms with E-state index in [9.17, 15) is 23.2 Å². The van der Waals surface area contributed by atoms with Crippen LogP contribution < -0.4 is 10.2 Å². The van der Waals surface area contributed by atoms with E-state index in [1.54, 1.807) is 6.07 Å². The van der Waals surface area contributed by atoms with Crippen molar-refractivity contribution in [2.24, 2.45) is 0 Å². The van der Waals surface area contributed by atoms with Crippen LogP contribution in [0.2, 0.25) is 0 Å². The zero-order valence-corrected chi connectivity index (χ0v) is 14.7. The van der Waals surface area contributed by atoms with Gasteiger partial charge in [-0.15, -0.1) is 0 Å². The highest BCUT2D eigenvalue weighted by Gasteiger charge is 2.37. The topological polar surface area (TPSA) is 79.6 Å². The van der Waals surface area contributed by atoms with E-state index in [-0.39, 0.29) is 17.0 Å². The number of benzene rings is 2. The maximum absolute atomic E-state index is 13.1. The van der Waals surface area contributed by atoms with Gasteiger partial charge in [0.1, 0.15) is 28.7 Å². The lowest BCUT2D eigenvalue weighted by Crippen LogP contribution is -2.54. The number of hydrogen-bond donors (Lipinski definition) is 1. The highest BCUT2D eigenvalue weighted by molar-refractivity contribution is 6.39. The van der Waals surface area contributed by atoms with Crippen LogP contribution in [0.25, 0.3) is 17.4 Å². The van der Waals surface area contributed by atoms with Gasteiger partial charge >= 0.3 is 6.03 Å². The molecule has 6 nitrogen and oxygen atoms in total. The number of amides is 4. The number of barbiturate groups is 1. The Labute approximate surface area is 163 Å². The van der Waals surface area contributed by atoms with Crippen LogP contribution in [0.1, 0.15) is 5.76 Å². The molecule has 1 aliphatic heterocycles. The van der Waals surface area contributed by atoms with Crippen molar-refractivity contribution >= 4 is 29.6 Å². The molecule has 0 bridgehead atoms. The van der Waals surface area contributed by atoms with Crippen LogP contribution in [0.15, 0.2) is 70.7 Å². The fourth-order valence-corrected chi connectivity index (χ4v) is 2.82. The number of nitrogens with zero attached hydrogens (tertiary/aromatic N) is 1. The predicted molar refractivity (Wildman–Crippen MR) is 99.5 cm³/mol. The average Bonchev–Trinajstić information content (AvgIpc) is 3.16. The Bertz CT molecular complexity index is 1150. The molecule has 8 heteroatoms. The van der Waals surface area contributed by atoms with Crippen LogP contribution in [-0.2, 0) is 9.59 Å². The van der Waals surface area contributed by atoms with E-state index in [0.717, 1.165) is 17.0 Å². The van der Waals surface area contributed by atoms with Gasteiger partial charge in [-0.3, -0.25) is 14.9 Å². The fourth-order valence-electron chi connectivity index (χ4n) is 2.82. The van der Waals surface area contributed by atoms with Crippen LogP contribution in [0.4, 0.5) is 19.3 Å². The molecule has 1 N–H and O–H groups in total. The molecule has 4 amide bonds. The van der Waals surface area contributed by atoms with Gasteiger partial charge in [0.05, 0.1) is 5.69 Å². The average molecular weight is 394 g/mol. The fraction of sp³-hybridized carbons (Fsp3) is 0. The molecule has 1 aromatic heterocycles. The van der Waals surface area contributed by atoms with Crippen LogP contribution in [0.5, 0.6) is 0 Å². The minimum atomic E-state index is -0.935. The number of carbonyl (C=O) groups excluding carboxylic acids is 3. The van der Waals surface area contributed by atoms with Crippen LogP contribution in [0, 0.1) is 11.6 Å². The molecule has 0 atom stereocenters. The Hall–Kier alpha value is -4.07. The maximum atomic E-state index is 13.1. The summed E-state index contributed by atoms with van der Waals surface area (Å²) in [5.41, 5.74) is 0.395. The number of halogens is 2. The summed E-state index contributed by atoms with van der Waals surface area (Å²) in [4.78, 5) is 37.8. The molecular weight excluding hydrogens is 382 g/mol. The van der Waals surface area contributed by atoms with E-state index in [1.807, 2.05) is 0 Å². The first kappa shape index (κ1) is 18.3. The van der Waals surface area contributed by atoms with Gasteiger partial charge in [-0.1, -0.05) is 0 Å². The van der Waals surface area contributed by atoms with Crippen LogP contribution in [0.3, 0.4) is 0 Å². The number of urea groups is 1. The molecule has 2 aromatic carbocycles. The zero-order valence-electron chi connectivity index (χ0n) is 14.7. The number of anilines is 1. The van der Waals surface area contributed by atoms with E-state index >= 15 is 0 Å². The van der Waals surface area contributed by atoms with Gasteiger partial charge in [0, 0.05) is 5.56 Å². The number of hydrogen-bond acceptors (Lipinski definition) is 4. The van der Waals surface area contributed by atoms with Crippen molar-refractivity contribution in [1.82, 2.24) is 5.32 Å². The van der Waals surface area contributed by atoms with Crippen molar-refractivity contribution in [3.8, 4) is 11.3 Å². The summed E-state index contributed by atoms with van der Waals surface area (Å²) in [6.07, 6.45) is 1.20. The summed E-state index contributed by atoms with van der Waals surface area (Å²) < 4.78 is 31.8. The highest BCUT2D eigenvalue weighted by Crippen LogP contribution is 2.26. The smallest absolute Gasteiger partial charge is 0.335 e. The third-order valence-electron chi connectivity index (χ3n) is 4.23. The normalized spacial score (nSPS) is 15.7. The first-order valence-corrected chi connectivity index (χ1v) is 8.45. The summed E-state index contributed by atoms with van der Waals surface area (Å²) in [7, 11) is 0. The second-order valence-electron chi connectivity index (χ2n) is 6.14. The summed E-state index contributed by atoms with van der Waals surface area (Å²) in [5, 5.41) is 2.07. The van der Waals surface area contributed by atoms with Crippen molar-refractivity contribution in [3.05, 3.63) is 83.6 Å². The molecule has 0 spiro atoms. The largest absolute Gasteiger partial charge is 0.457 e. The Balaban J connectivity index is 1.66. The number of carbonyl (C=O) groups is 3. The zero-order chi connectivity index (χ0) is 20.5. The molecule has 0 saturated carbocycles. The molecule has 4 rings (SSSR count). The van der Waals surface area contributed by atoms with E-state index < -0.39 is 29.5 Å². The van der Waals surface area contributed by atoms with Gasteiger partial charge in [0.15, 0.2) is 0 Å². The minimum Gasteiger partial charge on any atom is -0.457 e.